The molecule has 1 aromatic rings. The lowest BCUT2D eigenvalue weighted by atomic mass is 10.3. The van der Waals surface area contributed by atoms with E-state index in [1.807, 2.05) is 19.2 Å². The Hall–Kier alpha value is -1.49. The molecule has 1 aliphatic heterocycles. The van der Waals surface area contributed by atoms with Gasteiger partial charge in [0.05, 0.1) is 6.26 Å². The Morgan fingerprint density at radius 2 is 2.05 bits per heavy atom. The Labute approximate surface area is 127 Å². The molecule has 1 aliphatic rings. The van der Waals surface area contributed by atoms with Gasteiger partial charge in [-0.1, -0.05) is 0 Å². The third kappa shape index (κ3) is 6.21. The van der Waals surface area contributed by atoms with Crippen LogP contribution in [0.15, 0.2) is 27.8 Å². The Bertz CT molecular complexity index is 396. The predicted octanol–water partition coefficient (Wildman–Crippen LogP) is 1.86. The summed E-state index contributed by atoms with van der Waals surface area (Å²) in [5.41, 5.74) is 0. The van der Waals surface area contributed by atoms with Crippen LogP contribution in [0.25, 0.3) is 0 Å². The molecule has 0 atom stereocenters. The molecular formula is C16H28N4O. The first-order valence-corrected chi connectivity index (χ1v) is 8.08. The number of hydrogen-bond acceptors (Lipinski definition) is 3. The van der Waals surface area contributed by atoms with E-state index < -0.39 is 0 Å². The van der Waals surface area contributed by atoms with Gasteiger partial charge in [-0.05, 0) is 57.5 Å². The summed E-state index contributed by atoms with van der Waals surface area (Å²) in [4.78, 5) is 6.80. The lowest BCUT2D eigenvalue weighted by molar-refractivity contribution is 0.330. The SMILES string of the molecule is CN=C(NCCCCN1CCCC1)NCCc1ccco1. The van der Waals surface area contributed by atoms with Crippen LogP contribution in [0.1, 0.15) is 31.4 Å². The van der Waals surface area contributed by atoms with E-state index >= 15 is 0 Å². The molecule has 21 heavy (non-hydrogen) atoms. The quantitative estimate of drug-likeness (QED) is 0.436. The molecule has 1 fully saturated rings. The van der Waals surface area contributed by atoms with Crippen LogP contribution in [-0.4, -0.2) is 50.6 Å². The summed E-state index contributed by atoms with van der Waals surface area (Å²) in [6.45, 7) is 5.65. The first kappa shape index (κ1) is 15.9. The Kier molecular flexibility index (Phi) is 7.15. The fourth-order valence-electron chi connectivity index (χ4n) is 2.65. The molecule has 118 valence electrons. The van der Waals surface area contributed by atoms with Crippen molar-refractivity contribution >= 4 is 5.96 Å². The van der Waals surface area contributed by atoms with Crippen LogP contribution in [0.5, 0.6) is 0 Å². The molecule has 0 radical (unpaired) electrons. The van der Waals surface area contributed by atoms with E-state index in [0.29, 0.717) is 0 Å². The number of nitrogens with zero attached hydrogens (tertiary/aromatic N) is 2. The molecule has 1 aromatic heterocycles. The zero-order valence-electron chi connectivity index (χ0n) is 13.1. The molecule has 5 nitrogen and oxygen atoms in total. The van der Waals surface area contributed by atoms with Crippen LogP contribution in [0, 0.1) is 0 Å². The summed E-state index contributed by atoms with van der Waals surface area (Å²) in [5.74, 6) is 1.88. The Balaban J connectivity index is 1.49. The second-order valence-electron chi connectivity index (χ2n) is 5.51. The number of likely N-dealkylation sites (tertiary alicyclic amines) is 1. The topological polar surface area (TPSA) is 52.8 Å². The monoisotopic (exact) mass is 292 g/mol. The summed E-state index contributed by atoms with van der Waals surface area (Å²) < 4.78 is 5.31. The molecule has 0 amide bonds. The molecule has 5 heteroatoms. The van der Waals surface area contributed by atoms with Gasteiger partial charge >= 0.3 is 0 Å². The smallest absolute Gasteiger partial charge is 0.190 e. The second kappa shape index (κ2) is 9.45. The summed E-state index contributed by atoms with van der Waals surface area (Å²) in [7, 11) is 1.81. The van der Waals surface area contributed by atoms with Crippen molar-refractivity contribution in [3.63, 3.8) is 0 Å². The van der Waals surface area contributed by atoms with Crippen molar-refractivity contribution in [2.45, 2.75) is 32.1 Å². The molecule has 2 N–H and O–H groups in total. The molecule has 0 saturated carbocycles. The zero-order chi connectivity index (χ0) is 14.8. The number of nitrogens with one attached hydrogen (secondary N) is 2. The highest BCUT2D eigenvalue weighted by atomic mass is 16.3. The van der Waals surface area contributed by atoms with Crippen molar-refractivity contribution in [1.82, 2.24) is 15.5 Å². The van der Waals surface area contributed by atoms with Gasteiger partial charge in [0.25, 0.3) is 0 Å². The number of rotatable bonds is 8. The fraction of sp³-hybridized carbons (Fsp3) is 0.688. The van der Waals surface area contributed by atoms with Gasteiger partial charge < -0.3 is 20.0 Å². The van der Waals surface area contributed by atoms with Gasteiger partial charge in [-0.25, -0.2) is 0 Å². The second-order valence-corrected chi connectivity index (χ2v) is 5.51. The normalized spacial score (nSPS) is 16.3. The standard InChI is InChI=1S/C16H28N4O/c1-17-16(19-10-8-15-7-6-14-21-15)18-9-2-3-11-20-12-4-5-13-20/h6-7,14H,2-5,8-13H2,1H3,(H2,17,18,19). The number of hydrogen-bond donors (Lipinski definition) is 2. The molecule has 1 saturated heterocycles. The minimum absolute atomic E-state index is 0.834. The van der Waals surface area contributed by atoms with Crippen molar-refractivity contribution in [3.05, 3.63) is 24.2 Å². The van der Waals surface area contributed by atoms with Crippen LogP contribution >= 0.6 is 0 Å². The van der Waals surface area contributed by atoms with Gasteiger partial charge in [0, 0.05) is 26.6 Å². The minimum atomic E-state index is 0.834. The molecule has 0 aromatic carbocycles. The number of aliphatic imine (C=N–C) groups is 1. The molecule has 2 rings (SSSR count). The van der Waals surface area contributed by atoms with E-state index in [1.54, 1.807) is 6.26 Å². The van der Waals surface area contributed by atoms with Crippen LogP contribution in [0.3, 0.4) is 0 Å². The van der Waals surface area contributed by atoms with Gasteiger partial charge in [-0.3, -0.25) is 4.99 Å². The highest BCUT2D eigenvalue weighted by molar-refractivity contribution is 5.79. The van der Waals surface area contributed by atoms with Gasteiger partial charge in [-0.15, -0.1) is 0 Å². The third-order valence-electron chi connectivity index (χ3n) is 3.86. The third-order valence-corrected chi connectivity index (χ3v) is 3.86. The maximum Gasteiger partial charge on any atom is 0.190 e. The Morgan fingerprint density at radius 1 is 1.24 bits per heavy atom. The van der Waals surface area contributed by atoms with E-state index in [-0.39, 0.29) is 0 Å². The van der Waals surface area contributed by atoms with Crippen molar-refractivity contribution < 1.29 is 4.42 Å². The molecule has 0 unspecified atom stereocenters. The van der Waals surface area contributed by atoms with Crippen molar-refractivity contribution in [3.8, 4) is 0 Å². The van der Waals surface area contributed by atoms with E-state index in [1.165, 1.54) is 45.3 Å². The van der Waals surface area contributed by atoms with E-state index in [4.69, 9.17) is 4.42 Å². The van der Waals surface area contributed by atoms with Crippen molar-refractivity contribution in [1.29, 1.82) is 0 Å². The first-order valence-electron chi connectivity index (χ1n) is 8.08. The van der Waals surface area contributed by atoms with Crippen molar-refractivity contribution in [2.75, 3.05) is 39.8 Å². The van der Waals surface area contributed by atoms with E-state index in [2.05, 4.69) is 20.5 Å². The van der Waals surface area contributed by atoms with Gasteiger partial charge in [0.2, 0.25) is 0 Å². The van der Waals surface area contributed by atoms with Crippen LogP contribution in [-0.2, 0) is 6.42 Å². The Morgan fingerprint density at radius 3 is 2.76 bits per heavy atom. The number of furan rings is 1. The number of unbranched alkanes of at least 4 members (excludes halogenated alkanes) is 1. The summed E-state index contributed by atoms with van der Waals surface area (Å²) in [5, 5.41) is 6.67. The summed E-state index contributed by atoms with van der Waals surface area (Å²) >= 11 is 0. The minimum Gasteiger partial charge on any atom is -0.469 e. The molecular weight excluding hydrogens is 264 g/mol. The van der Waals surface area contributed by atoms with Gasteiger partial charge in [0.1, 0.15) is 5.76 Å². The van der Waals surface area contributed by atoms with Gasteiger partial charge in [0.15, 0.2) is 5.96 Å². The zero-order valence-corrected chi connectivity index (χ0v) is 13.1. The van der Waals surface area contributed by atoms with E-state index in [9.17, 15) is 0 Å². The lowest BCUT2D eigenvalue weighted by Crippen LogP contribution is -2.38. The average molecular weight is 292 g/mol. The van der Waals surface area contributed by atoms with E-state index in [0.717, 1.165) is 31.2 Å². The highest BCUT2D eigenvalue weighted by Crippen LogP contribution is 2.07. The largest absolute Gasteiger partial charge is 0.469 e. The highest BCUT2D eigenvalue weighted by Gasteiger charge is 2.09. The number of guanidine groups is 1. The first-order chi connectivity index (χ1) is 10.4. The molecule has 0 aliphatic carbocycles. The lowest BCUT2D eigenvalue weighted by Gasteiger charge is -2.15. The molecule has 0 bridgehead atoms. The van der Waals surface area contributed by atoms with Crippen LogP contribution in [0.4, 0.5) is 0 Å². The average Bonchev–Trinajstić information content (AvgIpc) is 3.18. The van der Waals surface area contributed by atoms with Crippen LogP contribution in [0.2, 0.25) is 0 Å². The molecule has 2 heterocycles. The maximum atomic E-state index is 5.31. The van der Waals surface area contributed by atoms with Crippen LogP contribution < -0.4 is 10.6 Å². The maximum absolute atomic E-state index is 5.31. The predicted molar refractivity (Wildman–Crippen MR) is 86.7 cm³/mol. The molecule has 0 spiro atoms. The summed E-state index contributed by atoms with van der Waals surface area (Å²) in [6, 6.07) is 3.92. The fourth-order valence-corrected chi connectivity index (χ4v) is 2.65. The summed E-state index contributed by atoms with van der Waals surface area (Å²) in [6.07, 6.45) is 7.80. The van der Waals surface area contributed by atoms with Gasteiger partial charge in [-0.2, -0.15) is 0 Å². The van der Waals surface area contributed by atoms with Crippen molar-refractivity contribution in [2.24, 2.45) is 4.99 Å².